The van der Waals surface area contributed by atoms with Gasteiger partial charge in [0.05, 0.1) is 0 Å². The number of phosphoric acid groups is 1. The van der Waals surface area contributed by atoms with Crippen molar-refractivity contribution in [1.29, 1.82) is 0 Å². The number of rotatable bonds is 12. The molecule has 4 nitrogen and oxygen atoms in total. The normalized spacial score (nSPS) is 14.0. The minimum atomic E-state index is -4.56. The maximum atomic E-state index is 13.1. The monoisotopic (exact) mass is 492 g/mol. The number of phosphoric ester groups is 1. The maximum Gasteiger partial charge on any atom is 1.00 e. The predicted octanol–water partition coefficient (Wildman–Crippen LogP) is 4.89. The summed E-state index contributed by atoms with van der Waals surface area (Å²) >= 11 is 0. The van der Waals surface area contributed by atoms with E-state index in [4.69, 9.17) is 9.05 Å². The zero-order valence-electron chi connectivity index (χ0n) is 22.6. The summed E-state index contributed by atoms with van der Waals surface area (Å²) in [6.07, 6.45) is 12.8. The summed E-state index contributed by atoms with van der Waals surface area (Å²) in [5.74, 6) is 0.985. The van der Waals surface area contributed by atoms with Crippen molar-refractivity contribution in [3.05, 3.63) is 57.6 Å². The van der Waals surface area contributed by atoms with Crippen LogP contribution in [0.15, 0.2) is 24.3 Å². The van der Waals surface area contributed by atoms with Crippen LogP contribution in [0.4, 0.5) is 0 Å². The second-order valence-electron chi connectivity index (χ2n) is 9.71. The Labute approximate surface area is 225 Å². The van der Waals surface area contributed by atoms with E-state index in [0.717, 1.165) is 99.3 Å². The standard InChI is InChI=1S/C29H43O4P.Li/c1-5-9-13-22-17-24(15-11-7-3)28-26(19-22)21-27-20-23(14-10-6-2)18-25(16-12-8-4)29(27)33-34(30,31)32-28;/h17-20H,5-16,21H2,1-4H3,(H,30,31);/q;+1/p-1. The van der Waals surface area contributed by atoms with Gasteiger partial charge in [-0.3, -0.25) is 0 Å². The van der Waals surface area contributed by atoms with Gasteiger partial charge < -0.3 is 13.9 Å². The number of hydrogen-bond donors (Lipinski definition) is 0. The van der Waals surface area contributed by atoms with E-state index in [1.54, 1.807) is 0 Å². The molecule has 0 N–H and O–H groups in total. The van der Waals surface area contributed by atoms with Crippen LogP contribution in [0, 0.1) is 0 Å². The predicted molar refractivity (Wildman–Crippen MR) is 139 cm³/mol. The summed E-state index contributed by atoms with van der Waals surface area (Å²) in [7, 11) is -4.56. The number of hydrogen-bond acceptors (Lipinski definition) is 4. The summed E-state index contributed by atoms with van der Waals surface area (Å²) in [6.45, 7) is 8.70. The summed E-state index contributed by atoms with van der Waals surface area (Å²) in [5.41, 5.74) is 6.45. The first-order valence-electron chi connectivity index (χ1n) is 13.4. The fourth-order valence-corrected chi connectivity index (χ4v) is 5.71. The summed E-state index contributed by atoms with van der Waals surface area (Å²) in [5, 5.41) is 0. The fraction of sp³-hybridized carbons (Fsp3) is 0.586. The summed E-state index contributed by atoms with van der Waals surface area (Å²) in [6, 6.07) is 8.63. The van der Waals surface area contributed by atoms with Crippen LogP contribution in [0.3, 0.4) is 0 Å². The van der Waals surface area contributed by atoms with Crippen molar-refractivity contribution in [3.63, 3.8) is 0 Å². The van der Waals surface area contributed by atoms with Crippen LogP contribution < -0.4 is 32.8 Å². The van der Waals surface area contributed by atoms with Crippen LogP contribution in [0.1, 0.15) is 112 Å². The van der Waals surface area contributed by atoms with Crippen LogP contribution in [0.25, 0.3) is 0 Å². The van der Waals surface area contributed by atoms with Crippen LogP contribution >= 0.6 is 7.82 Å². The van der Waals surface area contributed by atoms with Gasteiger partial charge >= 0.3 is 26.7 Å². The molecular formula is C29H42LiO4P. The Morgan fingerprint density at radius 1 is 0.686 bits per heavy atom. The molecule has 0 aliphatic carbocycles. The average Bonchev–Trinajstić information content (AvgIpc) is 2.80. The van der Waals surface area contributed by atoms with Gasteiger partial charge in [-0.05, 0) is 84.7 Å². The molecule has 3 rings (SSSR count). The van der Waals surface area contributed by atoms with Crippen molar-refractivity contribution < 1.29 is 37.4 Å². The van der Waals surface area contributed by atoms with Crippen molar-refractivity contribution >= 4 is 7.82 Å². The minimum Gasteiger partial charge on any atom is -0.736 e. The van der Waals surface area contributed by atoms with Crippen molar-refractivity contribution in [2.24, 2.45) is 0 Å². The molecule has 0 radical (unpaired) electrons. The zero-order valence-corrected chi connectivity index (χ0v) is 23.5. The van der Waals surface area contributed by atoms with Gasteiger partial charge in [0.2, 0.25) is 0 Å². The molecule has 188 valence electrons. The van der Waals surface area contributed by atoms with Gasteiger partial charge in [-0.2, -0.15) is 0 Å². The Morgan fingerprint density at radius 3 is 1.43 bits per heavy atom. The van der Waals surface area contributed by atoms with E-state index >= 15 is 0 Å². The second-order valence-corrected chi connectivity index (χ2v) is 11.0. The van der Waals surface area contributed by atoms with Crippen molar-refractivity contribution in [1.82, 2.24) is 0 Å². The van der Waals surface area contributed by atoms with Crippen molar-refractivity contribution in [2.45, 2.75) is 111 Å². The smallest absolute Gasteiger partial charge is 0.736 e. The van der Waals surface area contributed by atoms with E-state index in [1.807, 2.05) is 0 Å². The van der Waals surface area contributed by atoms with E-state index < -0.39 is 7.82 Å². The van der Waals surface area contributed by atoms with Gasteiger partial charge in [-0.25, -0.2) is 4.57 Å². The SMILES string of the molecule is CCCCc1cc(CCCC)c2c(c1)Cc1cc(CCCC)cc(CCCC)c1OP(=O)([O-])O2.[Li+]. The molecule has 2 aromatic carbocycles. The molecule has 1 aliphatic rings. The Hall–Kier alpha value is -1.17. The molecule has 1 heterocycles. The number of fused-ring (bicyclic) bond motifs is 2. The zero-order chi connectivity index (χ0) is 24.6. The minimum absolute atomic E-state index is 0. The molecular weight excluding hydrogens is 450 g/mol. The largest absolute Gasteiger partial charge is 1.00 e. The Kier molecular flexibility index (Phi) is 12.5. The van der Waals surface area contributed by atoms with Crippen molar-refractivity contribution in [3.8, 4) is 11.5 Å². The van der Waals surface area contributed by atoms with E-state index in [2.05, 4.69) is 52.0 Å². The third-order valence-corrected chi connectivity index (χ3v) is 7.44. The van der Waals surface area contributed by atoms with Gasteiger partial charge in [0.25, 0.3) is 0 Å². The quantitative estimate of drug-likeness (QED) is 0.313. The molecule has 0 saturated heterocycles. The number of benzene rings is 2. The molecule has 1 aliphatic heterocycles. The van der Waals surface area contributed by atoms with Gasteiger partial charge in [0, 0.05) is 6.42 Å². The first kappa shape index (κ1) is 30.1. The van der Waals surface area contributed by atoms with Crippen LogP contribution in [-0.2, 0) is 36.7 Å². The van der Waals surface area contributed by atoms with Crippen molar-refractivity contribution in [2.75, 3.05) is 0 Å². The van der Waals surface area contributed by atoms with Crippen LogP contribution in [0.5, 0.6) is 11.5 Å². The number of aryl methyl sites for hydroxylation is 4. The Balaban J connectivity index is 0.00000432. The number of unbranched alkanes of at least 4 members (excludes halogenated alkanes) is 4. The molecule has 0 atom stereocenters. The Bertz CT molecular complexity index is 929. The average molecular weight is 493 g/mol. The van der Waals surface area contributed by atoms with Gasteiger partial charge in [0.1, 0.15) is 11.5 Å². The molecule has 0 fully saturated rings. The van der Waals surface area contributed by atoms with Gasteiger partial charge in [-0.1, -0.05) is 77.6 Å². The fourth-order valence-electron chi connectivity index (χ4n) is 4.75. The maximum absolute atomic E-state index is 13.1. The molecule has 0 unspecified atom stereocenters. The molecule has 0 bridgehead atoms. The molecule has 0 aromatic heterocycles. The molecule has 0 saturated carbocycles. The van der Waals surface area contributed by atoms with Crippen LogP contribution in [-0.4, -0.2) is 0 Å². The van der Waals surface area contributed by atoms with E-state index in [9.17, 15) is 9.46 Å². The van der Waals surface area contributed by atoms with Gasteiger partial charge in [-0.15, -0.1) is 0 Å². The first-order valence-corrected chi connectivity index (χ1v) is 14.9. The molecule has 2 aromatic rings. The van der Waals surface area contributed by atoms with Crippen LogP contribution in [0.2, 0.25) is 0 Å². The molecule has 0 spiro atoms. The van der Waals surface area contributed by atoms with E-state index in [-0.39, 0.29) is 18.9 Å². The van der Waals surface area contributed by atoms with Gasteiger partial charge in [0.15, 0.2) is 0 Å². The van der Waals surface area contributed by atoms with E-state index in [0.29, 0.717) is 17.9 Å². The molecule has 35 heavy (non-hydrogen) atoms. The Morgan fingerprint density at radius 2 is 1.06 bits per heavy atom. The third kappa shape index (κ3) is 8.43. The molecule has 6 heteroatoms. The van der Waals surface area contributed by atoms with E-state index in [1.165, 1.54) is 11.1 Å². The third-order valence-electron chi connectivity index (χ3n) is 6.63. The second kappa shape index (κ2) is 14.5. The first-order chi connectivity index (χ1) is 16.4. The molecule has 0 amide bonds. The summed E-state index contributed by atoms with van der Waals surface area (Å²) in [4.78, 5) is 13.1. The summed E-state index contributed by atoms with van der Waals surface area (Å²) < 4.78 is 24.5. The topological polar surface area (TPSA) is 58.6 Å².